The Balaban J connectivity index is 1.75. The Morgan fingerprint density at radius 2 is 1.54 bits per heavy atom. The Hall–Kier alpha value is -2.78. The summed E-state index contributed by atoms with van der Waals surface area (Å²) in [5, 5.41) is 0. The molecule has 0 fully saturated rings. The van der Waals surface area contributed by atoms with E-state index in [2.05, 4.69) is 36.4 Å². The Kier molecular flexibility index (Phi) is 5.92. The van der Waals surface area contributed by atoms with Crippen molar-refractivity contribution in [1.29, 1.82) is 0 Å². The summed E-state index contributed by atoms with van der Waals surface area (Å²) in [4.78, 5) is 0. The average Bonchev–Trinajstić information content (AvgIpc) is 2.67. The van der Waals surface area contributed by atoms with Crippen LogP contribution >= 0.6 is 0 Å². The van der Waals surface area contributed by atoms with Crippen molar-refractivity contribution in [1.82, 2.24) is 0 Å². The first-order chi connectivity index (χ1) is 12.7. The fourth-order valence-corrected chi connectivity index (χ4v) is 2.79. The zero-order valence-corrected chi connectivity index (χ0v) is 15.3. The van der Waals surface area contributed by atoms with Crippen molar-refractivity contribution in [2.75, 3.05) is 0 Å². The van der Waals surface area contributed by atoms with Crippen molar-refractivity contribution in [2.24, 2.45) is 5.73 Å². The summed E-state index contributed by atoms with van der Waals surface area (Å²) in [5.41, 5.74) is 10.3. The Morgan fingerprint density at radius 3 is 2.19 bits per heavy atom. The molecule has 2 N–H and O–H groups in total. The van der Waals surface area contributed by atoms with E-state index in [0.29, 0.717) is 13.2 Å². The lowest BCUT2D eigenvalue weighted by atomic mass is 10.0. The third-order valence-corrected chi connectivity index (χ3v) is 4.08. The Bertz CT molecular complexity index is 827. The molecule has 0 unspecified atom stereocenters. The SMILES string of the molecule is CC(C)Oc1ccc(-c2ccc(OCc3ccccc3)c(CN)c2)cc1. The topological polar surface area (TPSA) is 44.5 Å². The van der Waals surface area contributed by atoms with Gasteiger partial charge in [0.2, 0.25) is 0 Å². The van der Waals surface area contributed by atoms with Crippen LogP contribution in [-0.2, 0) is 13.2 Å². The van der Waals surface area contributed by atoms with Crippen LogP contribution < -0.4 is 15.2 Å². The fourth-order valence-electron chi connectivity index (χ4n) is 2.79. The standard InChI is InChI=1S/C23H25NO2/c1-17(2)26-22-11-8-19(9-12-22)20-10-13-23(21(14-20)15-24)25-16-18-6-4-3-5-7-18/h3-14,17H,15-16,24H2,1-2H3. The zero-order chi connectivity index (χ0) is 18.4. The molecule has 0 aromatic heterocycles. The monoisotopic (exact) mass is 347 g/mol. The molecule has 0 saturated heterocycles. The fraction of sp³-hybridized carbons (Fsp3) is 0.217. The molecule has 0 spiro atoms. The van der Waals surface area contributed by atoms with E-state index in [-0.39, 0.29) is 6.10 Å². The molecule has 0 saturated carbocycles. The largest absolute Gasteiger partial charge is 0.491 e. The minimum atomic E-state index is 0.172. The van der Waals surface area contributed by atoms with Gasteiger partial charge >= 0.3 is 0 Å². The van der Waals surface area contributed by atoms with Gasteiger partial charge in [0.15, 0.2) is 0 Å². The molecule has 0 heterocycles. The molecule has 0 aliphatic heterocycles. The number of hydrogen-bond acceptors (Lipinski definition) is 3. The Labute approximate surface area is 155 Å². The quantitative estimate of drug-likeness (QED) is 0.640. The maximum absolute atomic E-state index is 5.97. The van der Waals surface area contributed by atoms with Gasteiger partial charge in [-0.2, -0.15) is 0 Å². The maximum atomic E-state index is 5.97. The van der Waals surface area contributed by atoms with Crippen LogP contribution in [0.4, 0.5) is 0 Å². The van der Waals surface area contributed by atoms with Gasteiger partial charge < -0.3 is 15.2 Å². The normalized spacial score (nSPS) is 10.8. The van der Waals surface area contributed by atoms with Crippen LogP contribution in [0.25, 0.3) is 11.1 Å². The molecular formula is C23H25NO2. The summed E-state index contributed by atoms with van der Waals surface area (Å²) in [6, 6.07) is 24.4. The summed E-state index contributed by atoms with van der Waals surface area (Å²) in [6.07, 6.45) is 0.172. The van der Waals surface area contributed by atoms with Crippen molar-refractivity contribution < 1.29 is 9.47 Å². The minimum Gasteiger partial charge on any atom is -0.491 e. The molecule has 3 aromatic rings. The van der Waals surface area contributed by atoms with E-state index in [9.17, 15) is 0 Å². The van der Waals surface area contributed by atoms with Gasteiger partial charge in [0, 0.05) is 12.1 Å². The first-order valence-corrected chi connectivity index (χ1v) is 8.92. The number of nitrogens with two attached hydrogens (primary N) is 1. The molecule has 0 amide bonds. The van der Waals surface area contributed by atoms with Crippen LogP contribution in [0.5, 0.6) is 11.5 Å². The van der Waals surface area contributed by atoms with Crippen molar-refractivity contribution in [2.45, 2.75) is 33.1 Å². The molecule has 134 valence electrons. The van der Waals surface area contributed by atoms with E-state index >= 15 is 0 Å². The van der Waals surface area contributed by atoms with E-state index in [0.717, 1.165) is 33.8 Å². The summed E-state index contributed by atoms with van der Waals surface area (Å²) >= 11 is 0. The van der Waals surface area contributed by atoms with Gasteiger partial charge in [0.1, 0.15) is 18.1 Å². The maximum Gasteiger partial charge on any atom is 0.124 e. The van der Waals surface area contributed by atoms with Crippen LogP contribution in [0.15, 0.2) is 72.8 Å². The predicted octanol–water partition coefficient (Wildman–Crippen LogP) is 5.18. The van der Waals surface area contributed by atoms with Crippen LogP contribution in [0.1, 0.15) is 25.0 Å². The molecule has 3 rings (SSSR count). The minimum absolute atomic E-state index is 0.172. The highest BCUT2D eigenvalue weighted by Crippen LogP contribution is 2.28. The van der Waals surface area contributed by atoms with E-state index in [1.807, 2.05) is 50.2 Å². The summed E-state index contributed by atoms with van der Waals surface area (Å²) in [6.45, 7) is 5.02. The molecule has 3 heteroatoms. The van der Waals surface area contributed by atoms with E-state index in [4.69, 9.17) is 15.2 Å². The van der Waals surface area contributed by atoms with E-state index < -0.39 is 0 Å². The highest BCUT2D eigenvalue weighted by molar-refractivity contribution is 5.66. The number of hydrogen-bond donors (Lipinski definition) is 1. The molecule has 0 bridgehead atoms. The molecule has 0 aliphatic rings. The highest BCUT2D eigenvalue weighted by atomic mass is 16.5. The summed E-state index contributed by atoms with van der Waals surface area (Å²) in [5.74, 6) is 1.71. The smallest absolute Gasteiger partial charge is 0.124 e. The molecule has 26 heavy (non-hydrogen) atoms. The number of ether oxygens (including phenoxy) is 2. The highest BCUT2D eigenvalue weighted by Gasteiger charge is 2.07. The summed E-state index contributed by atoms with van der Waals surface area (Å²) in [7, 11) is 0. The molecular weight excluding hydrogens is 322 g/mol. The molecule has 0 atom stereocenters. The molecule has 3 nitrogen and oxygen atoms in total. The van der Waals surface area contributed by atoms with Gasteiger partial charge in [-0.05, 0) is 54.8 Å². The van der Waals surface area contributed by atoms with Crippen molar-refractivity contribution >= 4 is 0 Å². The van der Waals surface area contributed by atoms with Gasteiger partial charge in [-0.25, -0.2) is 0 Å². The lowest BCUT2D eigenvalue weighted by Crippen LogP contribution is -2.05. The second-order valence-electron chi connectivity index (χ2n) is 6.49. The van der Waals surface area contributed by atoms with Gasteiger partial charge in [-0.15, -0.1) is 0 Å². The third-order valence-electron chi connectivity index (χ3n) is 4.08. The van der Waals surface area contributed by atoms with Gasteiger partial charge in [-0.3, -0.25) is 0 Å². The third kappa shape index (κ3) is 4.64. The Morgan fingerprint density at radius 1 is 0.846 bits per heavy atom. The molecule has 3 aromatic carbocycles. The van der Waals surface area contributed by atoms with Crippen LogP contribution in [-0.4, -0.2) is 6.10 Å². The number of benzene rings is 3. The molecule has 0 radical (unpaired) electrons. The number of rotatable bonds is 7. The second-order valence-corrected chi connectivity index (χ2v) is 6.49. The first-order valence-electron chi connectivity index (χ1n) is 8.92. The second kappa shape index (κ2) is 8.54. The van der Waals surface area contributed by atoms with Gasteiger partial charge in [0.25, 0.3) is 0 Å². The van der Waals surface area contributed by atoms with E-state index in [1.165, 1.54) is 0 Å². The van der Waals surface area contributed by atoms with Gasteiger partial charge in [-0.1, -0.05) is 48.5 Å². The van der Waals surface area contributed by atoms with Crippen molar-refractivity contribution in [3.63, 3.8) is 0 Å². The lowest BCUT2D eigenvalue weighted by Gasteiger charge is -2.13. The first kappa shape index (κ1) is 18.0. The molecule has 0 aliphatic carbocycles. The average molecular weight is 347 g/mol. The van der Waals surface area contributed by atoms with Crippen LogP contribution in [0.2, 0.25) is 0 Å². The van der Waals surface area contributed by atoms with Crippen LogP contribution in [0, 0.1) is 0 Å². The van der Waals surface area contributed by atoms with E-state index in [1.54, 1.807) is 0 Å². The van der Waals surface area contributed by atoms with Gasteiger partial charge in [0.05, 0.1) is 6.10 Å². The predicted molar refractivity (Wildman–Crippen MR) is 106 cm³/mol. The van der Waals surface area contributed by atoms with Crippen molar-refractivity contribution in [3.05, 3.63) is 83.9 Å². The van der Waals surface area contributed by atoms with Crippen molar-refractivity contribution in [3.8, 4) is 22.6 Å². The summed E-state index contributed by atoms with van der Waals surface area (Å²) < 4.78 is 11.7. The van der Waals surface area contributed by atoms with Crippen LogP contribution in [0.3, 0.4) is 0 Å². The zero-order valence-electron chi connectivity index (χ0n) is 15.3. The lowest BCUT2D eigenvalue weighted by molar-refractivity contribution is 0.242.